The van der Waals surface area contributed by atoms with Gasteiger partial charge in [-0.3, -0.25) is 9.59 Å². The lowest BCUT2D eigenvalue weighted by molar-refractivity contribution is -0.132. The first kappa shape index (κ1) is 22.3. The van der Waals surface area contributed by atoms with Crippen LogP contribution in [0.15, 0.2) is 54.6 Å². The van der Waals surface area contributed by atoms with E-state index in [2.05, 4.69) is 10.3 Å². The Morgan fingerprint density at radius 1 is 1.18 bits per heavy atom. The summed E-state index contributed by atoms with van der Waals surface area (Å²) in [6.07, 6.45) is 1.08. The Labute approximate surface area is 191 Å². The lowest BCUT2D eigenvalue weighted by Gasteiger charge is -2.29. The topological polar surface area (TPSA) is 97.5 Å². The van der Waals surface area contributed by atoms with Crippen LogP contribution in [0.3, 0.4) is 0 Å². The van der Waals surface area contributed by atoms with Gasteiger partial charge in [-0.15, -0.1) is 0 Å². The van der Waals surface area contributed by atoms with Crippen molar-refractivity contribution in [2.24, 2.45) is 0 Å². The lowest BCUT2D eigenvalue weighted by Crippen LogP contribution is -2.37. The van der Waals surface area contributed by atoms with E-state index in [1.165, 1.54) is 13.2 Å². The van der Waals surface area contributed by atoms with E-state index in [4.69, 9.17) is 10.5 Å². The van der Waals surface area contributed by atoms with E-state index in [9.17, 15) is 14.0 Å². The molecule has 8 heteroatoms. The number of anilines is 2. The summed E-state index contributed by atoms with van der Waals surface area (Å²) in [5, 5.41) is 2.80. The molecule has 33 heavy (non-hydrogen) atoms. The van der Waals surface area contributed by atoms with Crippen LogP contribution in [0.1, 0.15) is 33.6 Å². The summed E-state index contributed by atoms with van der Waals surface area (Å²) >= 11 is 0. The van der Waals surface area contributed by atoms with Crippen molar-refractivity contribution in [3.05, 3.63) is 82.8 Å². The zero-order valence-corrected chi connectivity index (χ0v) is 18.3. The first-order valence-electron chi connectivity index (χ1n) is 10.7. The Morgan fingerprint density at radius 2 is 1.94 bits per heavy atom. The first-order chi connectivity index (χ1) is 16.0. The second-order valence-electron chi connectivity index (χ2n) is 7.84. The average Bonchev–Trinajstić information content (AvgIpc) is 2.83. The largest absolute Gasteiger partial charge is 0.495 e. The van der Waals surface area contributed by atoms with Crippen molar-refractivity contribution in [1.29, 1.82) is 0 Å². The number of carbonyl (C=O) groups is 2. The number of hydrogen-bond acceptors (Lipinski definition) is 5. The molecule has 170 valence electrons. The summed E-state index contributed by atoms with van der Waals surface area (Å²) in [6.45, 7) is 0.829. The maximum atomic E-state index is 13.9. The van der Waals surface area contributed by atoms with Gasteiger partial charge in [-0.05, 0) is 41.8 Å². The number of pyridine rings is 1. The van der Waals surface area contributed by atoms with E-state index in [0.29, 0.717) is 42.9 Å². The number of nitrogens with zero attached hydrogens (tertiary/aromatic N) is 2. The number of nitrogens with one attached hydrogen (secondary N) is 1. The van der Waals surface area contributed by atoms with Gasteiger partial charge in [0.15, 0.2) is 0 Å². The molecule has 3 aromatic rings. The van der Waals surface area contributed by atoms with Crippen LogP contribution >= 0.6 is 0 Å². The van der Waals surface area contributed by atoms with E-state index in [-0.39, 0.29) is 29.5 Å². The smallest absolute Gasteiger partial charge is 0.259 e. The summed E-state index contributed by atoms with van der Waals surface area (Å²) in [6, 6.07) is 15.2. The molecule has 0 unspecified atom stereocenters. The Bertz CT molecular complexity index is 1200. The van der Waals surface area contributed by atoms with Gasteiger partial charge in [-0.25, -0.2) is 9.37 Å². The third kappa shape index (κ3) is 4.95. The summed E-state index contributed by atoms with van der Waals surface area (Å²) in [5.74, 6) is -0.113. The predicted molar refractivity (Wildman–Crippen MR) is 123 cm³/mol. The maximum Gasteiger partial charge on any atom is 0.259 e. The van der Waals surface area contributed by atoms with Crippen LogP contribution in [0.4, 0.5) is 15.9 Å². The van der Waals surface area contributed by atoms with Crippen LogP contribution in [-0.4, -0.2) is 35.4 Å². The molecule has 7 nitrogen and oxygen atoms in total. The van der Waals surface area contributed by atoms with Gasteiger partial charge in [0.2, 0.25) is 5.91 Å². The van der Waals surface area contributed by atoms with E-state index in [1.54, 1.807) is 53.4 Å². The van der Waals surface area contributed by atoms with Crippen LogP contribution in [0.5, 0.6) is 5.75 Å². The Morgan fingerprint density at radius 3 is 2.73 bits per heavy atom. The number of halogens is 1. The number of carbonyl (C=O) groups excluding carboxylic acids is 2. The van der Waals surface area contributed by atoms with Crippen LogP contribution in [0, 0.1) is 5.82 Å². The third-order valence-corrected chi connectivity index (χ3v) is 5.72. The van der Waals surface area contributed by atoms with E-state index in [0.717, 1.165) is 11.3 Å². The van der Waals surface area contributed by atoms with Crippen molar-refractivity contribution >= 4 is 23.3 Å². The van der Waals surface area contributed by atoms with Crippen molar-refractivity contribution in [1.82, 2.24) is 9.88 Å². The number of benzene rings is 2. The minimum absolute atomic E-state index is 0.0687. The number of para-hydroxylation sites is 2. The molecule has 0 fully saturated rings. The fourth-order valence-electron chi connectivity index (χ4n) is 3.92. The molecule has 3 N–H and O–H groups in total. The summed E-state index contributed by atoms with van der Waals surface area (Å²) in [7, 11) is 1.53. The molecule has 2 aromatic carbocycles. The molecular formula is C25H25FN4O3. The normalized spacial score (nSPS) is 12.7. The van der Waals surface area contributed by atoms with Crippen LogP contribution in [-0.2, 0) is 24.2 Å². The lowest BCUT2D eigenvalue weighted by atomic mass is 10.0. The molecule has 0 spiro atoms. The zero-order valence-electron chi connectivity index (χ0n) is 18.3. The number of nitrogens with two attached hydrogens (primary N) is 1. The van der Waals surface area contributed by atoms with Crippen LogP contribution in [0.2, 0.25) is 0 Å². The monoisotopic (exact) mass is 448 g/mol. The number of fused-ring (bicyclic) bond motifs is 1. The highest BCUT2D eigenvalue weighted by molar-refractivity contribution is 6.08. The molecule has 0 saturated carbocycles. The zero-order chi connectivity index (χ0) is 23.4. The van der Waals surface area contributed by atoms with Crippen molar-refractivity contribution < 1.29 is 18.7 Å². The van der Waals surface area contributed by atoms with Crippen molar-refractivity contribution in [2.45, 2.75) is 25.8 Å². The standard InChI is InChI=1S/C25H25FN4O3/c1-33-22-9-5-4-8-21(22)29-25(32)18-14-17-15-30(13-12-20(17)28-24(18)27)23(31)11-10-16-6-2-3-7-19(16)26/h2-9,14H,10-13,15H2,1H3,(H2,27,28)(H,29,32). The molecule has 1 aliphatic heterocycles. The van der Waals surface area contributed by atoms with Crippen molar-refractivity contribution in [3.8, 4) is 5.75 Å². The molecule has 1 aromatic heterocycles. The molecule has 0 bridgehead atoms. The van der Waals surface area contributed by atoms with E-state index >= 15 is 0 Å². The highest BCUT2D eigenvalue weighted by Crippen LogP contribution is 2.26. The SMILES string of the molecule is COc1ccccc1NC(=O)c1cc2c(nc1N)CCN(C(=O)CCc1ccccc1F)C2. The summed E-state index contributed by atoms with van der Waals surface area (Å²) in [4.78, 5) is 31.8. The number of rotatable bonds is 6. The minimum Gasteiger partial charge on any atom is -0.495 e. The minimum atomic E-state index is -0.407. The van der Waals surface area contributed by atoms with Crippen LogP contribution < -0.4 is 15.8 Å². The average molecular weight is 448 g/mol. The van der Waals surface area contributed by atoms with E-state index in [1.807, 2.05) is 0 Å². The number of methoxy groups -OCH3 is 1. The first-order valence-corrected chi connectivity index (χ1v) is 10.7. The van der Waals surface area contributed by atoms with Crippen molar-refractivity contribution in [3.63, 3.8) is 0 Å². The van der Waals surface area contributed by atoms with Gasteiger partial charge in [-0.2, -0.15) is 0 Å². The number of aryl methyl sites for hydroxylation is 1. The number of amides is 2. The summed E-state index contributed by atoms with van der Waals surface area (Å²) < 4.78 is 19.1. The molecule has 4 rings (SSSR count). The second-order valence-corrected chi connectivity index (χ2v) is 7.84. The van der Waals surface area contributed by atoms with Gasteiger partial charge >= 0.3 is 0 Å². The molecule has 0 aliphatic carbocycles. The predicted octanol–water partition coefficient (Wildman–Crippen LogP) is 3.58. The van der Waals surface area contributed by atoms with E-state index < -0.39 is 5.91 Å². The molecule has 2 heterocycles. The fourth-order valence-corrected chi connectivity index (χ4v) is 3.92. The maximum absolute atomic E-state index is 13.9. The third-order valence-electron chi connectivity index (χ3n) is 5.72. The molecule has 1 aliphatic rings. The quantitative estimate of drug-likeness (QED) is 0.601. The Kier molecular flexibility index (Phi) is 6.53. The Hall–Kier alpha value is -3.94. The van der Waals surface area contributed by atoms with Gasteiger partial charge in [-0.1, -0.05) is 30.3 Å². The van der Waals surface area contributed by atoms with Crippen molar-refractivity contribution in [2.75, 3.05) is 24.7 Å². The van der Waals surface area contributed by atoms with Gasteiger partial charge in [0.05, 0.1) is 18.4 Å². The number of ether oxygens (including phenoxy) is 1. The van der Waals surface area contributed by atoms with Gasteiger partial charge in [0.25, 0.3) is 5.91 Å². The summed E-state index contributed by atoms with van der Waals surface area (Å²) in [5.41, 5.74) is 8.90. The van der Waals surface area contributed by atoms with Gasteiger partial charge in [0, 0.05) is 31.6 Å². The number of aromatic nitrogens is 1. The molecular weight excluding hydrogens is 423 g/mol. The second kappa shape index (κ2) is 9.68. The number of hydrogen-bond donors (Lipinski definition) is 2. The molecule has 2 amide bonds. The highest BCUT2D eigenvalue weighted by atomic mass is 19.1. The Balaban J connectivity index is 1.47. The van der Waals surface area contributed by atoms with Gasteiger partial charge in [0.1, 0.15) is 17.4 Å². The molecule has 0 radical (unpaired) electrons. The fraction of sp³-hybridized carbons (Fsp3) is 0.240. The highest BCUT2D eigenvalue weighted by Gasteiger charge is 2.24. The molecule has 0 saturated heterocycles. The molecule has 0 atom stereocenters. The van der Waals surface area contributed by atoms with Crippen LogP contribution in [0.25, 0.3) is 0 Å². The van der Waals surface area contributed by atoms with Gasteiger partial charge < -0.3 is 20.7 Å². The number of nitrogen functional groups attached to an aromatic ring is 1.